The summed E-state index contributed by atoms with van der Waals surface area (Å²) in [6, 6.07) is 17.7. The molecule has 3 N–H and O–H groups in total. The Hall–Kier alpha value is -1.64. The van der Waals surface area contributed by atoms with Crippen LogP contribution in [-0.4, -0.2) is 11.2 Å². The number of benzene rings is 2. The van der Waals surface area contributed by atoms with E-state index < -0.39 is 11.6 Å². The lowest BCUT2D eigenvalue weighted by Crippen LogP contribution is -2.47. The molecule has 2 rings (SSSR count). The van der Waals surface area contributed by atoms with Crippen LogP contribution in [0.5, 0.6) is 0 Å². The summed E-state index contributed by atoms with van der Waals surface area (Å²) in [5.41, 5.74) is 8.64. The smallest absolute Gasteiger partial charge is 0.0926 e. The van der Waals surface area contributed by atoms with Gasteiger partial charge in [-0.15, -0.1) is 0 Å². The van der Waals surface area contributed by atoms with Crippen molar-refractivity contribution in [2.75, 3.05) is 0 Å². The van der Waals surface area contributed by atoms with Gasteiger partial charge in [0.1, 0.15) is 0 Å². The molecule has 0 bridgehead atoms. The van der Waals surface area contributed by atoms with Crippen LogP contribution in [0.3, 0.4) is 0 Å². The largest absolute Gasteiger partial charge is 0.391 e. The number of aliphatic hydroxyl groups excluding tert-OH is 1. The summed E-state index contributed by atoms with van der Waals surface area (Å²) in [6.07, 6.45) is -0.664. The first-order valence-corrected chi connectivity index (χ1v) is 6.14. The third kappa shape index (κ3) is 2.17. The summed E-state index contributed by atoms with van der Waals surface area (Å²) in [7, 11) is 0. The summed E-state index contributed by atoms with van der Waals surface area (Å²) in [5, 5.41) is 10.1. The monoisotopic (exact) mass is 241 g/mol. The zero-order valence-electron chi connectivity index (χ0n) is 10.8. The van der Waals surface area contributed by atoms with Crippen molar-refractivity contribution in [1.82, 2.24) is 0 Å². The van der Waals surface area contributed by atoms with E-state index in [1.165, 1.54) is 5.56 Å². The maximum atomic E-state index is 10.1. The Morgan fingerprint density at radius 1 is 0.944 bits per heavy atom. The Balaban J connectivity index is 2.54. The molecular formula is C16H19NO. The first-order valence-electron chi connectivity index (χ1n) is 6.14. The predicted molar refractivity (Wildman–Crippen MR) is 74.3 cm³/mol. The van der Waals surface area contributed by atoms with Crippen molar-refractivity contribution in [3.63, 3.8) is 0 Å². The fourth-order valence-electron chi connectivity index (χ4n) is 2.19. The molecule has 18 heavy (non-hydrogen) atoms. The molecule has 0 heterocycles. The van der Waals surface area contributed by atoms with Gasteiger partial charge in [-0.25, -0.2) is 0 Å². The Kier molecular flexibility index (Phi) is 3.50. The molecule has 2 aromatic rings. The van der Waals surface area contributed by atoms with E-state index in [-0.39, 0.29) is 0 Å². The van der Waals surface area contributed by atoms with Crippen molar-refractivity contribution in [1.29, 1.82) is 0 Å². The molecule has 0 spiro atoms. The van der Waals surface area contributed by atoms with Crippen molar-refractivity contribution < 1.29 is 5.11 Å². The SMILES string of the molecule is Cc1ccc(C(N)(c2ccccc2)C(C)O)cc1. The molecule has 0 aliphatic rings. The molecule has 2 nitrogen and oxygen atoms in total. The van der Waals surface area contributed by atoms with Crippen LogP contribution >= 0.6 is 0 Å². The standard InChI is InChI=1S/C16H19NO/c1-12-8-10-15(11-9-12)16(17,13(2)18)14-6-4-3-5-7-14/h3-11,13,18H,17H2,1-2H3. The van der Waals surface area contributed by atoms with Gasteiger partial charge < -0.3 is 10.8 Å². The van der Waals surface area contributed by atoms with E-state index in [0.717, 1.165) is 11.1 Å². The van der Waals surface area contributed by atoms with Gasteiger partial charge in [-0.1, -0.05) is 60.2 Å². The van der Waals surface area contributed by atoms with Gasteiger partial charge in [0.05, 0.1) is 11.6 Å². The lowest BCUT2D eigenvalue weighted by atomic mass is 9.79. The molecule has 0 fully saturated rings. The number of hydrogen-bond donors (Lipinski definition) is 2. The normalized spacial score (nSPS) is 16.0. The van der Waals surface area contributed by atoms with Crippen LogP contribution < -0.4 is 5.73 Å². The van der Waals surface area contributed by atoms with Gasteiger partial charge in [0.25, 0.3) is 0 Å². The van der Waals surface area contributed by atoms with Gasteiger partial charge in [0.15, 0.2) is 0 Å². The lowest BCUT2D eigenvalue weighted by molar-refractivity contribution is 0.123. The van der Waals surface area contributed by atoms with E-state index in [0.29, 0.717) is 0 Å². The molecule has 2 unspecified atom stereocenters. The first kappa shape index (κ1) is 12.8. The Bertz CT molecular complexity index is 504. The van der Waals surface area contributed by atoms with Crippen LogP contribution in [0, 0.1) is 6.92 Å². The summed E-state index contributed by atoms with van der Waals surface area (Å²) in [4.78, 5) is 0. The van der Waals surface area contributed by atoms with Crippen LogP contribution in [0.15, 0.2) is 54.6 Å². The van der Waals surface area contributed by atoms with E-state index in [1.807, 2.05) is 61.5 Å². The highest BCUT2D eigenvalue weighted by atomic mass is 16.3. The van der Waals surface area contributed by atoms with Crippen molar-refractivity contribution in [2.45, 2.75) is 25.5 Å². The zero-order chi connectivity index (χ0) is 13.2. The van der Waals surface area contributed by atoms with E-state index >= 15 is 0 Å². The van der Waals surface area contributed by atoms with Crippen molar-refractivity contribution in [3.8, 4) is 0 Å². The number of nitrogens with two attached hydrogens (primary N) is 1. The molecule has 0 saturated heterocycles. The minimum atomic E-state index is -0.866. The second kappa shape index (κ2) is 4.92. The Morgan fingerprint density at radius 3 is 1.94 bits per heavy atom. The van der Waals surface area contributed by atoms with Gasteiger partial charge in [-0.2, -0.15) is 0 Å². The van der Waals surface area contributed by atoms with Crippen molar-refractivity contribution in [3.05, 3.63) is 71.3 Å². The molecule has 94 valence electrons. The highest BCUT2D eigenvalue weighted by Crippen LogP contribution is 2.30. The summed E-state index contributed by atoms with van der Waals surface area (Å²) >= 11 is 0. The van der Waals surface area contributed by atoms with Gasteiger partial charge in [0, 0.05) is 0 Å². The predicted octanol–water partition coefficient (Wildman–Crippen LogP) is 2.58. The van der Waals surface area contributed by atoms with Crippen LogP contribution in [0.25, 0.3) is 0 Å². The van der Waals surface area contributed by atoms with E-state index in [1.54, 1.807) is 6.92 Å². The second-order valence-electron chi connectivity index (χ2n) is 4.78. The van der Waals surface area contributed by atoms with Crippen LogP contribution in [0.4, 0.5) is 0 Å². The van der Waals surface area contributed by atoms with Crippen molar-refractivity contribution >= 4 is 0 Å². The van der Waals surface area contributed by atoms with Gasteiger partial charge >= 0.3 is 0 Å². The molecule has 0 aliphatic carbocycles. The topological polar surface area (TPSA) is 46.2 Å². The van der Waals surface area contributed by atoms with Crippen LogP contribution in [-0.2, 0) is 5.54 Å². The molecule has 0 aromatic heterocycles. The van der Waals surface area contributed by atoms with E-state index in [2.05, 4.69) is 0 Å². The molecule has 2 atom stereocenters. The highest BCUT2D eigenvalue weighted by Gasteiger charge is 2.34. The minimum absolute atomic E-state index is 0.664. The molecule has 2 aromatic carbocycles. The second-order valence-corrected chi connectivity index (χ2v) is 4.78. The fraction of sp³-hybridized carbons (Fsp3) is 0.250. The maximum Gasteiger partial charge on any atom is 0.0926 e. The van der Waals surface area contributed by atoms with Gasteiger partial charge in [0.2, 0.25) is 0 Å². The van der Waals surface area contributed by atoms with Gasteiger partial charge in [-0.3, -0.25) is 0 Å². The highest BCUT2D eigenvalue weighted by molar-refractivity contribution is 5.40. The third-order valence-corrected chi connectivity index (χ3v) is 3.44. The minimum Gasteiger partial charge on any atom is -0.391 e. The first-order chi connectivity index (χ1) is 8.55. The molecular weight excluding hydrogens is 222 g/mol. The average Bonchev–Trinajstić information content (AvgIpc) is 2.39. The number of aryl methyl sites for hydroxylation is 1. The fourth-order valence-corrected chi connectivity index (χ4v) is 2.19. The zero-order valence-corrected chi connectivity index (χ0v) is 10.8. The summed E-state index contributed by atoms with van der Waals surface area (Å²) < 4.78 is 0. The van der Waals surface area contributed by atoms with E-state index in [9.17, 15) is 5.11 Å². The molecule has 0 amide bonds. The number of hydrogen-bond acceptors (Lipinski definition) is 2. The maximum absolute atomic E-state index is 10.1. The third-order valence-electron chi connectivity index (χ3n) is 3.44. The molecule has 0 radical (unpaired) electrons. The van der Waals surface area contributed by atoms with Gasteiger partial charge in [-0.05, 0) is 25.0 Å². The lowest BCUT2D eigenvalue weighted by Gasteiger charge is -2.33. The molecule has 0 saturated carbocycles. The number of aliphatic hydroxyl groups is 1. The Labute approximate surface area is 108 Å². The van der Waals surface area contributed by atoms with Crippen LogP contribution in [0.1, 0.15) is 23.6 Å². The average molecular weight is 241 g/mol. The summed E-state index contributed by atoms with van der Waals surface area (Å²) in [5.74, 6) is 0. The number of rotatable bonds is 3. The van der Waals surface area contributed by atoms with Crippen LogP contribution in [0.2, 0.25) is 0 Å². The van der Waals surface area contributed by atoms with E-state index in [4.69, 9.17) is 5.73 Å². The molecule has 2 heteroatoms. The quantitative estimate of drug-likeness (QED) is 0.867. The molecule has 0 aliphatic heterocycles. The summed E-state index contributed by atoms with van der Waals surface area (Å²) in [6.45, 7) is 3.76. The van der Waals surface area contributed by atoms with Crippen molar-refractivity contribution in [2.24, 2.45) is 5.73 Å². The Morgan fingerprint density at radius 2 is 1.44 bits per heavy atom.